The number of nitrogens with zero attached hydrogens (tertiary/aromatic N) is 3. The summed E-state index contributed by atoms with van der Waals surface area (Å²) >= 11 is 0. The monoisotopic (exact) mass is 344 g/mol. The number of carbonyl (C=O) groups excluding carboxylic acids is 1. The van der Waals surface area contributed by atoms with Gasteiger partial charge in [-0.3, -0.25) is 14.3 Å². The SMILES string of the molecule is Cc1nn(C)c2nc(C3CC3)cc(C(=O)NCCCCCC(=O)O)c12. The lowest BCUT2D eigenvalue weighted by molar-refractivity contribution is -0.137. The molecule has 1 amide bonds. The summed E-state index contributed by atoms with van der Waals surface area (Å²) in [5, 5.41) is 16.8. The summed E-state index contributed by atoms with van der Waals surface area (Å²) in [5.74, 6) is -0.423. The average molecular weight is 344 g/mol. The first-order valence-corrected chi connectivity index (χ1v) is 8.81. The van der Waals surface area contributed by atoms with Crippen molar-refractivity contribution in [2.45, 2.75) is 51.4 Å². The van der Waals surface area contributed by atoms with Gasteiger partial charge in [0.05, 0.1) is 16.6 Å². The molecule has 0 saturated heterocycles. The molecule has 0 spiro atoms. The minimum absolute atomic E-state index is 0.108. The van der Waals surface area contributed by atoms with Crippen molar-refractivity contribution in [1.82, 2.24) is 20.1 Å². The van der Waals surface area contributed by atoms with Crippen molar-refractivity contribution in [1.29, 1.82) is 0 Å². The maximum Gasteiger partial charge on any atom is 0.303 e. The van der Waals surface area contributed by atoms with Crippen LogP contribution in [0.2, 0.25) is 0 Å². The Morgan fingerprint density at radius 3 is 2.76 bits per heavy atom. The molecule has 1 fully saturated rings. The van der Waals surface area contributed by atoms with Gasteiger partial charge in [-0.15, -0.1) is 0 Å². The smallest absolute Gasteiger partial charge is 0.303 e. The van der Waals surface area contributed by atoms with Crippen molar-refractivity contribution in [3.63, 3.8) is 0 Å². The highest BCUT2D eigenvalue weighted by molar-refractivity contribution is 6.06. The van der Waals surface area contributed by atoms with E-state index in [4.69, 9.17) is 10.1 Å². The molecule has 2 aromatic heterocycles. The zero-order valence-electron chi connectivity index (χ0n) is 14.7. The quantitative estimate of drug-likeness (QED) is 0.717. The van der Waals surface area contributed by atoms with Crippen LogP contribution in [0.1, 0.15) is 66.2 Å². The van der Waals surface area contributed by atoms with Crippen LogP contribution in [0.25, 0.3) is 11.0 Å². The second-order valence-corrected chi connectivity index (χ2v) is 6.74. The molecule has 1 saturated carbocycles. The molecule has 1 aliphatic carbocycles. The van der Waals surface area contributed by atoms with Crippen LogP contribution in [0.5, 0.6) is 0 Å². The predicted octanol–water partition coefficient (Wildman–Crippen LogP) is 2.53. The number of carbonyl (C=O) groups is 2. The Morgan fingerprint density at radius 2 is 2.08 bits per heavy atom. The highest BCUT2D eigenvalue weighted by Crippen LogP contribution is 2.40. The van der Waals surface area contributed by atoms with E-state index < -0.39 is 5.97 Å². The van der Waals surface area contributed by atoms with Crippen LogP contribution in [-0.2, 0) is 11.8 Å². The van der Waals surface area contributed by atoms with Crippen LogP contribution in [-0.4, -0.2) is 38.3 Å². The Bertz CT molecular complexity index is 808. The summed E-state index contributed by atoms with van der Waals surface area (Å²) in [5.41, 5.74) is 3.18. The molecule has 7 nitrogen and oxygen atoms in total. The first-order valence-electron chi connectivity index (χ1n) is 8.81. The summed E-state index contributed by atoms with van der Waals surface area (Å²) in [6.07, 6.45) is 4.63. The van der Waals surface area contributed by atoms with E-state index in [0.717, 1.165) is 48.1 Å². The molecule has 3 rings (SSSR count). The van der Waals surface area contributed by atoms with Crippen molar-refractivity contribution in [3.8, 4) is 0 Å². The number of pyridine rings is 1. The van der Waals surface area contributed by atoms with Gasteiger partial charge in [0, 0.05) is 31.6 Å². The molecule has 0 radical (unpaired) electrons. The number of fused-ring (bicyclic) bond motifs is 1. The minimum Gasteiger partial charge on any atom is -0.481 e. The molecule has 0 unspecified atom stereocenters. The Hall–Kier alpha value is -2.44. The zero-order valence-corrected chi connectivity index (χ0v) is 14.7. The van der Waals surface area contributed by atoms with Gasteiger partial charge in [0.25, 0.3) is 5.91 Å². The van der Waals surface area contributed by atoms with Crippen LogP contribution in [0.15, 0.2) is 6.07 Å². The molecule has 0 aromatic carbocycles. The highest BCUT2D eigenvalue weighted by Gasteiger charge is 2.28. The van der Waals surface area contributed by atoms with Crippen molar-refractivity contribution in [3.05, 3.63) is 23.0 Å². The molecule has 0 bridgehead atoms. The van der Waals surface area contributed by atoms with E-state index in [2.05, 4.69) is 10.4 Å². The number of hydrogen-bond acceptors (Lipinski definition) is 4. The molecule has 7 heteroatoms. The number of hydrogen-bond donors (Lipinski definition) is 2. The van der Waals surface area contributed by atoms with Gasteiger partial charge in [-0.1, -0.05) is 6.42 Å². The number of aromatic nitrogens is 3. The van der Waals surface area contributed by atoms with E-state index >= 15 is 0 Å². The third kappa shape index (κ3) is 3.97. The van der Waals surface area contributed by atoms with E-state index in [9.17, 15) is 9.59 Å². The van der Waals surface area contributed by atoms with E-state index in [0.29, 0.717) is 24.4 Å². The van der Waals surface area contributed by atoms with Gasteiger partial charge in [0.2, 0.25) is 0 Å². The van der Waals surface area contributed by atoms with Gasteiger partial charge in [0.15, 0.2) is 5.65 Å². The maximum absolute atomic E-state index is 12.7. The maximum atomic E-state index is 12.7. The molecular weight excluding hydrogens is 320 g/mol. The number of aliphatic carboxylic acids is 1. The molecule has 1 aliphatic rings. The van der Waals surface area contributed by atoms with Gasteiger partial charge in [-0.2, -0.15) is 5.10 Å². The van der Waals surface area contributed by atoms with Crippen LogP contribution in [0.4, 0.5) is 0 Å². The van der Waals surface area contributed by atoms with Gasteiger partial charge < -0.3 is 10.4 Å². The average Bonchev–Trinajstić information content (AvgIpc) is 3.37. The lowest BCUT2D eigenvalue weighted by Crippen LogP contribution is -2.25. The number of aryl methyl sites for hydroxylation is 2. The fraction of sp³-hybridized carbons (Fsp3) is 0.556. The standard InChI is InChI=1S/C18H24N4O3/c1-11-16-13(18(25)19-9-5-3-4-6-15(23)24)10-14(12-7-8-12)20-17(16)22(2)21-11/h10,12H,3-9H2,1-2H3,(H,19,25)(H,23,24). The Balaban J connectivity index is 1.71. The van der Waals surface area contributed by atoms with Crippen molar-refractivity contribution in [2.75, 3.05) is 6.54 Å². The molecule has 2 aromatic rings. The number of amides is 1. The van der Waals surface area contributed by atoms with E-state index in [1.165, 1.54) is 0 Å². The molecular formula is C18H24N4O3. The summed E-state index contributed by atoms with van der Waals surface area (Å²) in [4.78, 5) is 27.9. The zero-order chi connectivity index (χ0) is 18.0. The number of nitrogens with one attached hydrogen (secondary N) is 1. The molecule has 134 valence electrons. The molecule has 25 heavy (non-hydrogen) atoms. The fourth-order valence-electron chi connectivity index (χ4n) is 3.11. The second kappa shape index (κ2) is 7.21. The van der Waals surface area contributed by atoms with E-state index in [-0.39, 0.29) is 12.3 Å². The topological polar surface area (TPSA) is 97.1 Å². The Labute approximate surface area is 146 Å². The summed E-state index contributed by atoms with van der Waals surface area (Å²) in [6.45, 7) is 2.43. The van der Waals surface area contributed by atoms with Crippen LogP contribution in [0, 0.1) is 6.92 Å². The number of carboxylic acids is 1. The van der Waals surface area contributed by atoms with Gasteiger partial charge in [-0.05, 0) is 38.7 Å². The van der Waals surface area contributed by atoms with Crippen LogP contribution < -0.4 is 5.32 Å². The van der Waals surface area contributed by atoms with E-state index in [1.807, 2.05) is 20.0 Å². The Morgan fingerprint density at radius 1 is 1.32 bits per heavy atom. The van der Waals surface area contributed by atoms with Crippen molar-refractivity contribution < 1.29 is 14.7 Å². The van der Waals surface area contributed by atoms with Gasteiger partial charge >= 0.3 is 5.97 Å². The summed E-state index contributed by atoms with van der Waals surface area (Å²) in [6, 6.07) is 1.91. The van der Waals surface area contributed by atoms with Crippen molar-refractivity contribution in [2.24, 2.45) is 7.05 Å². The van der Waals surface area contributed by atoms with Crippen LogP contribution in [0.3, 0.4) is 0 Å². The fourth-order valence-corrected chi connectivity index (χ4v) is 3.11. The normalized spacial score (nSPS) is 14.0. The third-order valence-electron chi connectivity index (χ3n) is 4.58. The third-order valence-corrected chi connectivity index (χ3v) is 4.58. The molecule has 0 aliphatic heterocycles. The first kappa shape index (κ1) is 17.4. The molecule has 0 atom stereocenters. The highest BCUT2D eigenvalue weighted by atomic mass is 16.4. The molecule has 2 N–H and O–H groups in total. The Kier molecular flexibility index (Phi) is 5.01. The summed E-state index contributed by atoms with van der Waals surface area (Å²) in [7, 11) is 1.85. The van der Waals surface area contributed by atoms with Crippen molar-refractivity contribution >= 4 is 22.9 Å². The minimum atomic E-state index is -0.775. The first-order chi connectivity index (χ1) is 12.0. The number of rotatable bonds is 8. The predicted molar refractivity (Wildman–Crippen MR) is 93.7 cm³/mol. The summed E-state index contributed by atoms with van der Waals surface area (Å²) < 4.78 is 1.74. The lowest BCUT2D eigenvalue weighted by Gasteiger charge is -2.09. The number of carboxylic acid groups (broad SMARTS) is 1. The van der Waals surface area contributed by atoms with Crippen LogP contribution >= 0.6 is 0 Å². The van der Waals surface area contributed by atoms with Gasteiger partial charge in [0.1, 0.15) is 0 Å². The number of unbranched alkanes of at least 4 members (excludes halogenated alkanes) is 2. The second-order valence-electron chi connectivity index (χ2n) is 6.74. The van der Waals surface area contributed by atoms with E-state index in [1.54, 1.807) is 4.68 Å². The lowest BCUT2D eigenvalue weighted by atomic mass is 10.1. The molecule has 2 heterocycles. The largest absolute Gasteiger partial charge is 0.481 e. The van der Waals surface area contributed by atoms with Gasteiger partial charge in [-0.25, -0.2) is 4.98 Å².